The Hall–Kier alpha value is -1.87. The normalized spacial score (nSPS) is 14.0. The summed E-state index contributed by atoms with van der Waals surface area (Å²) in [5, 5.41) is -0.792. The molecule has 1 aliphatic rings. The number of halogens is 2. The molecule has 0 amide bonds. The molecule has 1 fully saturated rings. The largest absolute Gasteiger partial charge is 0.486 e. The fraction of sp³-hybridized carbons (Fsp3) is 0.235. The van der Waals surface area contributed by atoms with Crippen LogP contribution in [0.1, 0.15) is 40.2 Å². The summed E-state index contributed by atoms with van der Waals surface area (Å²) in [6.45, 7) is 0.252. The molecule has 1 aliphatic carbocycles. The molecule has 0 bridgehead atoms. The SMILES string of the molecule is O=C(Cl)c1cc(C2CC2)cc(OCc2ccccc2)c1F. The van der Waals surface area contributed by atoms with Gasteiger partial charge in [0.2, 0.25) is 0 Å². The van der Waals surface area contributed by atoms with Crippen molar-refractivity contribution < 1.29 is 13.9 Å². The van der Waals surface area contributed by atoms with E-state index >= 15 is 0 Å². The van der Waals surface area contributed by atoms with Gasteiger partial charge in [0.15, 0.2) is 11.6 Å². The van der Waals surface area contributed by atoms with Crippen LogP contribution in [0.4, 0.5) is 4.39 Å². The van der Waals surface area contributed by atoms with Gasteiger partial charge in [-0.2, -0.15) is 0 Å². The average Bonchev–Trinajstić information content (AvgIpc) is 3.31. The minimum Gasteiger partial charge on any atom is -0.486 e. The summed E-state index contributed by atoms with van der Waals surface area (Å²) in [7, 11) is 0. The molecule has 0 atom stereocenters. The second-order valence-corrected chi connectivity index (χ2v) is 5.55. The molecule has 0 aliphatic heterocycles. The Labute approximate surface area is 127 Å². The second-order valence-electron chi connectivity index (χ2n) is 5.20. The van der Waals surface area contributed by atoms with E-state index in [1.165, 1.54) is 6.07 Å². The molecule has 0 aromatic heterocycles. The van der Waals surface area contributed by atoms with Crippen molar-refractivity contribution in [1.82, 2.24) is 0 Å². The van der Waals surface area contributed by atoms with Crippen molar-refractivity contribution in [3.63, 3.8) is 0 Å². The monoisotopic (exact) mass is 304 g/mol. The lowest BCUT2D eigenvalue weighted by Gasteiger charge is -2.11. The minimum atomic E-state index is -0.792. The molecular formula is C17H14ClFO2. The molecule has 2 nitrogen and oxygen atoms in total. The van der Waals surface area contributed by atoms with Crippen molar-refractivity contribution in [2.75, 3.05) is 0 Å². The zero-order valence-corrected chi connectivity index (χ0v) is 12.1. The van der Waals surface area contributed by atoms with E-state index in [1.54, 1.807) is 6.07 Å². The maximum absolute atomic E-state index is 14.3. The maximum Gasteiger partial charge on any atom is 0.255 e. The van der Waals surface area contributed by atoms with Gasteiger partial charge in [-0.15, -0.1) is 0 Å². The molecule has 2 aromatic rings. The summed E-state index contributed by atoms with van der Waals surface area (Å²) in [6.07, 6.45) is 2.11. The summed E-state index contributed by atoms with van der Waals surface area (Å²) in [5.74, 6) is -0.206. The van der Waals surface area contributed by atoms with Crippen LogP contribution in [0, 0.1) is 5.82 Å². The molecular weight excluding hydrogens is 291 g/mol. The Bertz CT molecular complexity index is 666. The van der Waals surface area contributed by atoms with Gasteiger partial charge in [-0.3, -0.25) is 4.79 Å². The Morgan fingerprint density at radius 1 is 1.24 bits per heavy atom. The van der Waals surface area contributed by atoms with Crippen LogP contribution in [0.3, 0.4) is 0 Å². The third-order valence-electron chi connectivity index (χ3n) is 3.56. The van der Waals surface area contributed by atoms with Gasteiger partial charge in [-0.05, 0) is 53.6 Å². The Balaban J connectivity index is 1.87. The highest BCUT2D eigenvalue weighted by Gasteiger charge is 2.27. The minimum absolute atomic E-state index is 0.0900. The zero-order valence-electron chi connectivity index (χ0n) is 11.3. The zero-order chi connectivity index (χ0) is 14.8. The van der Waals surface area contributed by atoms with Crippen LogP contribution in [0.5, 0.6) is 5.75 Å². The summed E-state index contributed by atoms with van der Waals surface area (Å²) >= 11 is 5.46. The van der Waals surface area contributed by atoms with Crippen molar-refractivity contribution in [2.24, 2.45) is 0 Å². The average molecular weight is 305 g/mol. The van der Waals surface area contributed by atoms with Gasteiger partial charge in [0, 0.05) is 0 Å². The van der Waals surface area contributed by atoms with Crippen molar-refractivity contribution in [1.29, 1.82) is 0 Å². The van der Waals surface area contributed by atoms with E-state index in [0.29, 0.717) is 5.92 Å². The van der Waals surface area contributed by atoms with Gasteiger partial charge in [0.25, 0.3) is 5.24 Å². The topological polar surface area (TPSA) is 26.3 Å². The van der Waals surface area contributed by atoms with E-state index in [2.05, 4.69) is 0 Å². The summed E-state index contributed by atoms with van der Waals surface area (Å²) in [6, 6.07) is 12.7. The quantitative estimate of drug-likeness (QED) is 0.751. The number of hydrogen-bond donors (Lipinski definition) is 0. The number of ether oxygens (including phenoxy) is 1. The maximum atomic E-state index is 14.3. The van der Waals surface area contributed by atoms with Crippen molar-refractivity contribution in [3.05, 3.63) is 65.0 Å². The van der Waals surface area contributed by atoms with Crippen LogP contribution in [0.25, 0.3) is 0 Å². The summed E-state index contributed by atoms with van der Waals surface area (Å²) in [4.78, 5) is 11.4. The first-order valence-corrected chi connectivity index (χ1v) is 7.23. The van der Waals surface area contributed by atoms with Crippen LogP contribution in [0.2, 0.25) is 0 Å². The van der Waals surface area contributed by atoms with E-state index < -0.39 is 11.1 Å². The van der Waals surface area contributed by atoms with E-state index in [9.17, 15) is 9.18 Å². The highest BCUT2D eigenvalue weighted by molar-refractivity contribution is 6.67. The first kappa shape index (κ1) is 14.1. The van der Waals surface area contributed by atoms with Crippen molar-refractivity contribution in [3.8, 4) is 5.75 Å². The van der Waals surface area contributed by atoms with Crippen LogP contribution in [-0.2, 0) is 6.61 Å². The van der Waals surface area contributed by atoms with E-state index in [4.69, 9.17) is 16.3 Å². The molecule has 1 saturated carbocycles. The second kappa shape index (κ2) is 5.86. The molecule has 0 N–H and O–H groups in total. The fourth-order valence-electron chi connectivity index (χ4n) is 2.25. The lowest BCUT2D eigenvalue weighted by atomic mass is 10.1. The predicted octanol–water partition coefficient (Wildman–Crippen LogP) is 4.66. The van der Waals surface area contributed by atoms with Crippen LogP contribution >= 0.6 is 11.6 Å². The molecule has 3 rings (SSSR count). The molecule has 108 valence electrons. The first-order chi connectivity index (χ1) is 10.1. The number of carbonyl (C=O) groups is 1. The third-order valence-corrected chi connectivity index (χ3v) is 3.76. The van der Waals surface area contributed by atoms with E-state index in [1.807, 2.05) is 30.3 Å². The lowest BCUT2D eigenvalue weighted by molar-refractivity contribution is 0.107. The summed E-state index contributed by atoms with van der Waals surface area (Å²) < 4.78 is 19.8. The number of benzene rings is 2. The van der Waals surface area contributed by atoms with Crippen LogP contribution < -0.4 is 4.74 Å². The standard InChI is InChI=1S/C17H14ClFO2/c18-17(20)14-8-13(12-6-7-12)9-15(16(14)19)21-10-11-4-2-1-3-5-11/h1-5,8-9,12H,6-7,10H2. The molecule has 0 unspecified atom stereocenters. The van der Waals surface area contributed by atoms with Crippen molar-refractivity contribution in [2.45, 2.75) is 25.4 Å². The van der Waals surface area contributed by atoms with Gasteiger partial charge in [0.1, 0.15) is 6.61 Å². The molecule has 0 radical (unpaired) electrons. The Kier molecular flexibility index (Phi) is 3.93. The molecule has 0 saturated heterocycles. The Morgan fingerprint density at radius 2 is 1.95 bits per heavy atom. The van der Waals surface area contributed by atoms with E-state index in [-0.39, 0.29) is 17.9 Å². The predicted molar refractivity (Wildman–Crippen MR) is 79.3 cm³/mol. The first-order valence-electron chi connectivity index (χ1n) is 6.85. The number of hydrogen-bond acceptors (Lipinski definition) is 2. The third kappa shape index (κ3) is 3.24. The molecule has 4 heteroatoms. The Morgan fingerprint density at radius 3 is 2.57 bits per heavy atom. The van der Waals surface area contributed by atoms with Crippen molar-refractivity contribution >= 4 is 16.8 Å². The van der Waals surface area contributed by atoms with Crippen LogP contribution in [-0.4, -0.2) is 5.24 Å². The van der Waals surface area contributed by atoms with E-state index in [0.717, 1.165) is 24.0 Å². The van der Waals surface area contributed by atoms with Gasteiger partial charge < -0.3 is 4.74 Å². The van der Waals surface area contributed by atoms with Gasteiger partial charge in [0.05, 0.1) is 5.56 Å². The molecule has 0 heterocycles. The number of rotatable bonds is 5. The highest BCUT2D eigenvalue weighted by Crippen LogP contribution is 2.42. The van der Waals surface area contributed by atoms with Crippen LogP contribution in [0.15, 0.2) is 42.5 Å². The lowest BCUT2D eigenvalue weighted by Crippen LogP contribution is -2.03. The smallest absolute Gasteiger partial charge is 0.255 e. The van der Waals surface area contributed by atoms with Gasteiger partial charge in [-0.25, -0.2) is 4.39 Å². The van der Waals surface area contributed by atoms with Gasteiger partial charge in [-0.1, -0.05) is 30.3 Å². The number of carbonyl (C=O) groups excluding carboxylic acids is 1. The molecule has 2 aromatic carbocycles. The molecule has 21 heavy (non-hydrogen) atoms. The fourth-order valence-corrected chi connectivity index (χ4v) is 2.39. The molecule has 0 spiro atoms. The van der Waals surface area contributed by atoms with Gasteiger partial charge >= 0.3 is 0 Å². The summed E-state index contributed by atoms with van der Waals surface area (Å²) in [5.41, 5.74) is 1.75. The highest BCUT2D eigenvalue weighted by atomic mass is 35.5.